The third-order valence-corrected chi connectivity index (χ3v) is 3.67. The molecule has 0 amide bonds. The predicted octanol–water partition coefficient (Wildman–Crippen LogP) is 2.17. The van der Waals surface area contributed by atoms with Crippen LogP contribution in [0.2, 0.25) is 0 Å². The number of benzene rings is 1. The number of nitrogens with two attached hydrogens (primary N) is 1. The van der Waals surface area contributed by atoms with E-state index in [-0.39, 0.29) is 6.61 Å². The summed E-state index contributed by atoms with van der Waals surface area (Å²) < 4.78 is 5.82. The minimum atomic E-state index is 0.123. The van der Waals surface area contributed by atoms with E-state index < -0.39 is 0 Å². The lowest BCUT2D eigenvalue weighted by Crippen LogP contribution is -1.98. The van der Waals surface area contributed by atoms with Gasteiger partial charge in [0.2, 0.25) is 0 Å². The van der Waals surface area contributed by atoms with Crippen LogP contribution in [0.15, 0.2) is 36.4 Å². The average molecular weight is 287 g/mol. The van der Waals surface area contributed by atoms with Gasteiger partial charge in [-0.15, -0.1) is 11.3 Å². The number of thiophene rings is 1. The molecule has 0 radical (unpaired) electrons. The quantitative estimate of drug-likeness (QED) is 0.829. The maximum Gasteiger partial charge on any atom is 0.123 e. The molecular weight excluding hydrogens is 270 g/mol. The van der Waals surface area contributed by atoms with Crippen molar-refractivity contribution in [2.45, 2.75) is 13.0 Å². The molecule has 0 fully saturated rings. The molecule has 0 atom stereocenters. The van der Waals surface area contributed by atoms with E-state index in [1.54, 1.807) is 11.3 Å². The topological polar surface area (TPSA) is 55.5 Å². The van der Waals surface area contributed by atoms with E-state index in [1.807, 2.05) is 36.4 Å². The summed E-state index contributed by atoms with van der Waals surface area (Å²) >= 11 is 1.61. The average Bonchev–Trinajstić information content (AvgIpc) is 2.92. The Balaban J connectivity index is 2.00. The number of para-hydroxylation sites is 1. The minimum absolute atomic E-state index is 0.123. The van der Waals surface area contributed by atoms with Crippen LogP contribution in [0.1, 0.15) is 15.3 Å². The van der Waals surface area contributed by atoms with Gasteiger partial charge in [-0.05, 0) is 30.2 Å². The summed E-state index contributed by atoms with van der Waals surface area (Å²) in [5, 5.41) is 9.04. The summed E-state index contributed by atoms with van der Waals surface area (Å²) in [4.78, 5) is 2.11. The van der Waals surface area contributed by atoms with E-state index in [2.05, 4.69) is 11.8 Å². The molecule has 0 aliphatic carbocycles. The zero-order chi connectivity index (χ0) is 14.2. The van der Waals surface area contributed by atoms with Gasteiger partial charge in [0.25, 0.3) is 0 Å². The molecule has 0 unspecified atom stereocenters. The van der Waals surface area contributed by atoms with Crippen LogP contribution in [0.25, 0.3) is 0 Å². The van der Waals surface area contributed by atoms with Crippen LogP contribution < -0.4 is 10.5 Å². The molecule has 0 aliphatic heterocycles. The zero-order valence-corrected chi connectivity index (χ0v) is 12.0. The monoisotopic (exact) mass is 287 g/mol. The summed E-state index contributed by atoms with van der Waals surface area (Å²) in [6.45, 7) is 1.01. The molecule has 2 rings (SSSR count). The van der Waals surface area contributed by atoms with Gasteiger partial charge in [0.1, 0.15) is 12.4 Å². The summed E-state index contributed by atoms with van der Waals surface area (Å²) in [5.41, 5.74) is 6.37. The number of hydrogen-bond donors (Lipinski definition) is 2. The number of ether oxygens (including phenoxy) is 1. The Kier molecular flexibility index (Phi) is 5.63. The van der Waals surface area contributed by atoms with Crippen molar-refractivity contribution in [2.24, 2.45) is 5.73 Å². The van der Waals surface area contributed by atoms with Crippen LogP contribution in [0.5, 0.6) is 5.75 Å². The highest BCUT2D eigenvalue weighted by Gasteiger charge is 2.04. The fourth-order valence-electron chi connectivity index (χ4n) is 1.78. The molecule has 20 heavy (non-hydrogen) atoms. The van der Waals surface area contributed by atoms with Gasteiger partial charge in [-0.3, -0.25) is 0 Å². The highest BCUT2D eigenvalue weighted by atomic mass is 32.1. The molecule has 4 heteroatoms. The minimum Gasteiger partial charge on any atom is -0.488 e. The van der Waals surface area contributed by atoms with Crippen molar-refractivity contribution < 1.29 is 9.84 Å². The first-order valence-corrected chi connectivity index (χ1v) is 7.24. The second-order valence-electron chi connectivity index (χ2n) is 4.14. The third-order valence-electron chi connectivity index (χ3n) is 2.70. The number of aliphatic hydroxyl groups excluding tert-OH is 1. The number of hydrogen-bond acceptors (Lipinski definition) is 4. The van der Waals surface area contributed by atoms with Gasteiger partial charge in [-0.2, -0.15) is 0 Å². The molecule has 0 saturated carbocycles. The second-order valence-corrected chi connectivity index (χ2v) is 5.31. The smallest absolute Gasteiger partial charge is 0.123 e. The summed E-state index contributed by atoms with van der Waals surface area (Å²) in [6.07, 6.45) is 0.605. The van der Waals surface area contributed by atoms with Crippen molar-refractivity contribution in [2.75, 3.05) is 13.2 Å². The molecule has 2 aromatic rings. The lowest BCUT2D eigenvalue weighted by molar-refractivity contribution is 0.285. The van der Waals surface area contributed by atoms with Crippen molar-refractivity contribution in [3.63, 3.8) is 0 Å². The Morgan fingerprint density at radius 3 is 2.85 bits per heavy atom. The lowest BCUT2D eigenvalue weighted by atomic mass is 10.1. The van der Waals surface area contributed by atoms with E-state index in [9.17, 15) is 0 Å². The number of rotatable bonds is 5. The van der Waals surface area contributed by atoms with E-state index in [0.29, 0.717) is 19.6 Å². The van der Waals surface area contributed by atoms with Gasteiger partial charge in [0.15, 0.2) is 0 Å². The SMILES string of the molecule is NCC#Cc1ccc(COc2ccccc2CCO)s1. The highest BCUT2D eigenvalue weighted by Crippen LogP contribution is 2.22. The first kappa shape index (κ1) is 14.6. The van der Waals surface area contributed by atoms with Crippen molar-refractivity contribution >= 4 is 11.3 Å². The van der Waals surface area contributed by atoms with Crippen LogP contribution in [-0.2, 0) is 13.0 Å². The maximum absolute atomic E-state index is 9.04. The molecule has 0 bridgehead atoms. The van der Waals surface area contributed by atoms with Gasteiger partial charge in [-0.25, -0.2) is 0 Å². The van der Waals surface area contributed by atoms with Crippen LogP contribution in [0.4, 0.5) is 0 Å². The molecule has 1 heterocycles. The molecule has 104 valence electrons. The predicted molar refractivity (Wildman–Crippen MR) is 81.8 cm³/mol. The Labute approximate surface area is 123 Å². The van der Waals surface area contributed by atoms with Crippen molar-refractivity contribution in [3.8, 4) is 17.6 Å². The molecule has 0 saturated heterocycles. The Morgan fingerprint density at radius 1 is 1.20 bits per heavy atom. The first-order valence-electron chi connectivity index (χ1n) is 6.42. The normalized spacial score (nSPS) is 9.90. The van der Waals surface area contributed by atoms with Crippen molar-refractivity contribution in [3.05, 3.63) is 51.7 Å². The first-order chi connectivity index (χ1) is 9.83. The Bertz CT molecular complexity index is 610. The Hall–Kier alpha value is -1.80. The van der Waals surface area contributed by atoms with Gasteiger partial charge < -0.3 is 15.6 Å². The molecule has 1 aromatic carbocycles. The van der Waals surface area contributed by atoms with Crippen molar-refractivity contribution in [1.82, 2.24) is 0 Å². The molecule has 0 spiro atoms. The van der Waals surface area contributed by atoms with E-state index in [0.717, 1.165) is 21.1 Å². The Morgan fingerprint density at radius 2 is 2.05 bits per heavy atom. The van der Waals surface area contributed by atoms with Gasteiger partial charge >= 0.3 is 0 Å². The molecule has 0 aliphatic rings. The van der Waals surface area contributed by atoms with Gasteiger partial charge in [-0.1, -0.05) is 30.0 Å². The summed E-state index contributed by atoms with van der Waals surface area (Å²) in [5.74, 6) is 6.67. The summed E-state index contributed by atoms with van der Waals surface area (Å²) in [6, 6.07) is 11.8. The second kappa shape index (κ2) is 7.71. The fourth-order valence-corrected chi connectivity index (χ4v) is 2.58. The van der Waals surface area contributed by atoms with E-state index in [1.165, 1.54) is 0 Å². The highest BCUT2D eigenvalue weighted by molar-refractivity contribution is 7.12. The van der Waals surface area contributed by atoms with Gasteiger partial charge in [0, 0.05) is 11.5 Å². The van der Waals surface area contributed by atoms with Crippen LogP contribution >= 0.6 is 11.3 Å². The lowest BCUT2D eigenvalue weighted by Gasteiger charge is -2.09. The standard InChI is InChI=1S/C16H17NO2S/c17-10-3-5-14-7-8-15(20-14)12-19-16-6-2-1-4-13(16)9-11-18/h1-2,4,6-8,18H,9-12,17H2. The largest absolute Gasteiger partial charge is 0.488 e. The van der Waals surface area contributed by atoms with Crippen LogP contribution in [-0.4, -0.2) is 18.3 Å². The van der Waals surface area contributed by atoms with Crippen molar-refractivity contribution in [1.29, 1.82) is 0 Å². The van der Waals surface area contributed by atoms with E-state index >= 15 is 0 Å². The fraction of sp³-hybridized carbons (Fsp3) is 0.250. The van der Waals surface area contributed by atoms with E-state index in [4.69, 9.17) is 15.6 Å². The molecular formula is C16H17NO2S. The van der Waals surface area contributed by atoms with Crippen LogP contribution in [0, 0.1) is 11.8 Å². The maximum atomic E-state index is 9.04. The number of aliphatic hydroxyl groups is 1. The molecule has 3 N–H and O–H groups in total. The third kappa shape index (κ3) is 4.10. The molecule has 1 aromatic heterocycles. The van der Waals surface area contributed by atoms with Gasteiger partial charge in [0.05, 0.1) is 11.4 Å². The zero-order valence-electron chi connectivity index (χ0n) is 11.1. The van der Waals surface area contributed by atoms with Crippen LogP contribution in [0.3, 0.4) is 0 Å². The summed E-state index contributed by atoms with van der Waals surface area (Å²) in [7, 11) is 0. The molecule has 3 nitrogen and oxygen atoms in total.